The Morgan fingerprint density at radius 2 is 2.08 bits per heavy atom. The number of hydrogen-bond acceptors (Lipinski definition) is 6. The minimum absolute atomic E-state index is 0. The Labute approximate surface area is 92.7 Å². The summed E-state index contributed by atoms with van der Waals surface area (Å²) in [6, 6.07) is -0.524. The van der Waals surface area contributed by atoms with Crippen molar-refractivity contribution >= 4 is 16.4 Å². The third kappa shape index (κ3) is 10.3. The zero-order valence-corrected chi connectivity index (χ0v) is 9.63. The number of rotatable bonds is 3. The molecule has 0 spiro atoms. The molecule has 0 amide bonds. The normalized spacial score (nSPS) is 12.9. The van der Waals surface area contributed by atoms with Gasteiger partial charge in [-0.05, 0) is 6.92 Å². The van der Waals surface area contributed by atoms with E-state index in [-0.39, 0.29) is 36.0 Å². The van der Waals surface area contributed by atoms with E-state index in [9.17, 15) is 17.8 Å². The van der Waals surface area contributed by atoms with Gasteiger partial charge >= 0.3 is 35.5 Å². The number of hydrogen-bond donors (Lipinski definition) is 1. The Kier molecular flexibility index (Phi) is 7.29. The molecule has 2 N–H and O–H groups in total. The summed E-state index contributed by atoms with van der Waals surface area (Å²) in [6.45, 7) is 1.48. The van der Waals surface area contributed by atoms with E-state index >= 15 is 0 Å². The molecule has 0 aliphatic carbocycles. The van der Waals surface area contributed by atoms with Gasteiger partial charge in [0.25, 0.3) is 10.4 Å². The fraction of sp³-hybridized carbons (Fsp3) is 0.750. The molecule has 0 bridgehead atoms. The summed E-state index contributed by atoms with van der Waals surface area (Å²) in [5, 5.41) is 0. The Hall–Kier alpha value is 0.340. The van der Waals surface area contributed by atoms with Crippen LogP contribution >= 0.6 is 0 Å². The van der Waals surface area contributed by atoms with Gasteiger partial charge in [0, 0.05) is 6.04 Å². The van der Waals surface area contributed by atoms with Crippen LogP contribution in [0.5, 0.6) is 0 Å². The van der Waals surface area contributed by atoms with E-state index in [1.807, 2.05) is 0 Å². The molecule has 0 saturated heterocycles. The zero-order valence-electron chi connectivity index (χ0n) is 6.81. The first kappa shape index (κ1) is 14.8. The van der Waals surface area contributed by atoms with Crippen molar-refractivity contribution in [3.8, 4) is 0 Å². The molecular formula is C4H8NNaO5S. The van der Waals surface area contributed by atoms with E-state index in [1.165, 1.54) is 6.92 Å². The summed E-state index contributed by atoms with van der Waals surface area (Å²) in [5.41, 5.74) is 5.11. The van der Waals surface area contributed by atoms with Crippen molar-refractivity contribution in [2.45, 2.75) is 19.4 Å². The summed E-state index contributed by atoms with van der Waals surface area (Å²) in [6.07, 6.45) is -0.290. The summed E-state index contributed by atoms with van der Waals surface area (Å²) in [5.74, 6) is -1.13. The average Bonchev–Trinajstić information content (AvgIpc) is 1.53. The molecule has 0 aromatic carbocycles. The van der Waals surface area contributed by atoms with Crippen molar-refractivity contribution in [3.05, 3.63) is 0 Å². The van der Waals surface area contributed by atoms with Crippen LogP contribution in [-0.4, -0.2) is 25.0 Å². The van der Waals surface area contributed by atoms with E-state index in [0.717, 1.165) is 0 Å². The molecule has 1 unspecified atom stereocenters. The van der Waals surface area contributed by atoms with E-state index in [1.54, 1.807) is 0 Å². The Bertz CT molecular complexity index is 236. The fourth-order valence-electron chi connectivity index (χ4n) is 0.411. The first-order valence-corrected chi connectivity index (χ1v) is 4.08. The van der Waals surface area contributed by atoms with Gasteiger partial charge in [-0.2, -0.15) is 0 Å². The Morgan fingerprint density at radius 1 is 1.67 bits per heavy atom. The SMILES string of the molecule is CC(N)CC(=O)OS(=O)(=O)[O-].[Na+]. The second-order valence-corrected chi connectivity index (χ2v) is 3.03. The van der Waals surface area contributed by atoms with E-state index in [2.05, 4.69) is 4.18 Å². The minimum atomic E-state index is -4.92. The smallest absolute Gasteiger partial charge is 0.716 e. The van der Waals surface area contributed by atoms with E-state index in [4.69, 9.17) is 5.73 Å². The minimum Gasteiger partial charge on any atom is -0.716 e. The van der Waals surface area contributed by atoms with Crippen molar-refractivity contribution < 1.29 is 51.5 Å². The van der Waals surface area contributed by atoms with Gasteiger partial charge in [0.1, 0.15) is 0 Å². The average molecular weight is 205 g/mol. The van der Waals surface area contributed by atoms with Crippen LogP contribution in [0, 0.1) is 0 Å². The molecule has 1 atom stereocenters. The summed E-state index contributed by atoms with van der Waals surface area (Å²) >= 11 is 0. The van der Waals surface area contributed by atoms with Crippen molar-refractivity contribution in [2.24, 2.45) is 5.73 Å². The van der Waals surface area contributed by atoms with Crippen LogP contribution in [0.25, 0.3) is 0 Å². The quantitative estimate of drug-likeness (QED) is 0.284. The number of carbonyl (C=O) groups is 1. The molecule has 0 radical (unpaired) electrons. The maximum Gasteiger partial charge on any atom is 1.00 e. The molecular weight excluding hydrogens is 197 g/mol. The molecule has 0 rings (SSSR count). The van der Waals surface area contributed by atoms with Gasteiger partial charge in [0.05, 0.1) is 6.42 Å². The molecule has 66 valence electrons. The van der Waals surface area contributed by atoms with Crippen molar-refractivity contribution in [1.29, 1.82) is 0 Å². The molecule has 0 aromatic heterocycles. The van der Waals surface area contributed by atoms with Crippen LogP contribution in [0.1, 0.15) is 13.3 Å². The maximum absolute atomic E-state index is 10.4. The Balaban J connectivity index is 0. The molecule has 12 heavy (non-hydrogen) atoms. The third-order valence-corrected chi connectivity index (χ3v) is 1.07. The summed E-state index contributed by atoms with van der Waals surface area (Å²) in [7, 11) is -4.92. The number of nitrogens with two attached hydrogens (primary N) is 1. The van der Waals surface area contributed by atoms with Crippen LogP contribution in [0.3, 0.4) is 0 Å². The zero-order chi connectivity index (χ0) is 9.07. The van der Waals surface area contributed by atoms with Crippen molar-refractivity contribution in [2.75, 3.05) is 0 Å². The number of carbonyl (C=O) groups excluding carboxylic acids is 1. The predicted octanol–water partition coefficient (Wildman–Crippen LogP) is -4.27. The van der Waals surface area contributed by atoms with E-state index < -0.39 is 22.4 Å². The monoisotopic (exact) mass is 205 g/mol. The molecule has 6 nitrogen and oxygen atoms in total. The maximum atomic E-state index is 10.4. The molecule has 8 heteroatoms. The summed E-state index contributed by atoms with van der Waals surface area (Å²) < 4.78 is 32.8. The van der Waals surface area contributed by atoms with Gasteiger partial charge in [-0.15, -0.1) is 0 Å². The van der Waals surface area contributed by atoms with Crippen molar-refractivity contribution in [3.63, 3.8) is 0 Å². The van der Waals surface area contributed by atoms with Gasteiger partial charge < -0.3 is 14.5 Å². The first-order chi connectivity index (χ1) is 4.81. The van der Waals surface area contributed by atoms with Crippen LogP contribution in [0.15, 0.2) is 0 Å². The van der Waals surface area contributed by atoms with Gasteiger partial charge in [-0.25, -0.2) is 8.42 Å². The molecule has 0 aliphatic heterocycles. The van der Waals surface area contributed by atoms with Crippen LogP contribution in [0.4, 0.5) is 0 Å². The topological polar surface area (TPSA) is 110 Å². The van der Waals surface area contributed by atoms with Crippen molar-refractivity contribution in [1.82, 2.24) is 0 Å². The fourth-order valence-corrected chi connectivity index (χ4v) is 0.706. The van der Waals surface area contributed by atoms with Crippen LogP contribution < -0.4 is 35.3 Å². The molecule has 0 aliphatic rings. The van der Waals surface area contributed by atoms with Gasteiger partial charge in [0.15, 0.2) is 0 Å². The van der Waals surface area contributed by atoms with Crippen LogP contribution in [0.2, 0.25) is 0 Å². The second-order valence-electron chi connectivity index (χ2n) is 2.04. The van der Waals surface area contributed by atoms with Gasteiger partial charge in [-0.3, -0.25) is 4.79 Å². The molecule has 0 aromatic rings. The standard InChI is InChI=1S/C4H9NO5S.Na/c1-3(5)2-4(6)10-11(7,8)9;/h3H,2,5H2,1H3,(H,7,8,9);/q;+1/p-1. The predicted molar refractivity (Wildman–Crippen MR) is 34.1 cm³/mol. The largest absolute Gasteiger partial charge is 1.00 e. The second kappa shape index (κ2) is 5.90. The molecule has 0 saturated carbocycles. The van der Waals surface area contributed by atoms with Crippen LogP contribution in [-0.2, 0) is 19.4 Å². The Morgan fingerprint density at radius 3 is 2.33 bits per heavy atom. The third-order valence-electron chi connectivity index (χ3n) is 0.684. The summed E-state index contributed by atoms with van der Waals surface area (Å²) in [4.78, 5) is 10.4. The molecule has 0 heterocycles. The van der Waals surface area contributed by atoms with Gasteiger partial charge in [0.2, 0.25) is 0 Å². The first-order valence-electron chi connectivity index (χ1n) is 2.75. The van der Waals surface area contributed by atoms with Gasteiger partial charge in [-0.1, -0.05) is 0 Å². The molecule has 0 fully saturated rings. The van der Waals surface area contributed by atoms with E-state index in [0.29, 0.717) is 0 Å².